The zero-order chi connectivity index (χ0) is 96.6. The second kappa shape index (κ2) is 41.6. The van der Waals surface area contributed by atoms with Crippen molar-refractivity contribution >= 4 is 187 Å². The number of aromatic nitrogens is 12. The average molecular weight is 2060 g/mol. The number of nitrogens with two attached hydrogens (primary N) is 12. The maximum atomic E-state index is 13.3. The monoisotopic (exact) mass is 2060 g/mol. The first kappa shape index (κ1) is 100. The molecule has 30 nitrogen and oxygen atoms in total. The van der Waals surface area contributed by atoms with Crippen LogP contribution < -0.4 is 93.3 Å². The molecule has 5 aliphatic heterocycles. The Morgan fingerprint density at radius 1 is 0.338 bits per heavy atom. The summed E-state index contributed by atoms with van der Waals surface area (Å²) < 4.78 is 79.1. The number of amides is 1. The van der Waals surface area contributed by atoms with E-state index in [0.717, 1.165) is 205 Å². The van der Waals surface area contributed by atoms with E-state index in [0.29, 0.717) is 123 Å². The molecule has 5 saturated heterocycles. The third-order valence-corrected chi connectivity index (χ3v) is 36.5. The molecule has 0 radical (unpaired) electrons. The lowest BCUT2D eigenvalue weighted by atomic mass is 9.60. The zero-order valence-corrected chi connectivity index (χ0v) is 81.9. The van der Waals surface area contributed by atoms with Gasteiger partial charge in [0, 0.05) is 138 Å². The van der Waals surface area contributed by atoms with Crippen LogP contribution >= 0.6 is 117 Å². The number of hydrogen-bond acceptors (Lipinski definition) is 34. The summed E-state index contributed by atoms with van der Waals surface area (Å²) in [5, 5.41) is 4.63. The molecular formula is C90H106Cl5F6N29OS5. The van der Waals surface area contributed by atoms with E-state index in [1.807, 2.05) is 41.3 Å². The molecule has 1 unspecified atom stereocenters. The molecule has 3 aromatic carbocycles. The van der Waals surface area contributed by atoms with Crippen molar-refractivity contribution in [2.24, 2.45) is 61.5 Å². The number of halogens is 11. The van der Waals surface area contributed by atoms with Gasteiger partial charge in [-0.3, -0.25) is 14.8 Å². The fraction of sp³-hybridized carbons (Fsp3) is 0.456. The number of benzene rings is 3. The van der Waals surface area contributed by atoms with Crippen molar-refractivity contribution in [2.45, 2.75) is 214 Å². The number of pyridine rings is 2. The van der Waals surface area contributed by atoms with Gasteiger partial charge in [0.15, 0.2) is 52.0 Å². The summed E-state index contributed by atoms with van der Waals surface area (Å²) in [5.41, 5.74) is 72.6. The highest BCUT2D eigenvalue weighted by atomic mass is 35.5. The molecule has 20 rings (SSSR count). The van der Waals surface area contributed by atoms with Crippen molar-refractivity contribution in [3.05, 3.63) is 158 Å². The van der Waals surface area contributed by atoms with Gasteiger partial charge in [-0.2, -0.15) is 26.3 Å². The minimum absolute atomic E-state index is 0.0365. The fourth-order valence-corrected chi connectivity index (χ4v) is 24.8. The van der Waals surface area contributed by atoms with E-state index < -0.39 is 29.6 Å². The Hall–Kier alpha value is -8.79. The number of carbonyl (C=O) groups excluding carboxylic acids is 1. The molecule has 1 amide bonds. The van der Waals surface area contributed by atoms with E-state index >= 15 is 0 Å². The highest BCUT2D eigenvalue weighted by Crippen LogP contribution is 2.55. The highest BCUT2D eigenvalue weighted by molar-refractivity contribution is 8.00. The van der Waals surface area contributed by atoms with Crippen molar-refractivity contribution in [3.8, 4) is 0 Å². The normalized spacial score (nSPS) is 22.1. The van der Waals surface area contributed by atoms with E-state index in [1.54, 1.807) is 43.0 Å². The zero-order valence-electron chi connectivity index (χ0n) is 74.0. The number of alkyl halides is 6. The smallest absolute Gasteiger partial charge is 0.397 e. The van der Waals surface area contributed by atoms with Crippen molar-refractivity contribution < 1.29 is 31.1 Å². The molecule has 12 heterocycles. The number of anilines is 11. The van der Waals surface area contributed by atoms with Crippen LogP contribution in [0.25, 0.3) is 0 Å². The minimum atomic E-state index is -4.65. The fourth-order valence-electron chi connectivity index (χ4n) is 19.3. The molecule has 24 N–H and O–H groups in total. The van der Waals surface area contributed by atoms with Crippen molar-refractivity contribution in [1.29, 1.82) is 0 Å². The van der Waals surface area contributed by atoms with E-state index in [2.05, 4.69) is 79.4 Å². The largest absolute Gasteiger partial charge is 0.434 e. The molecule has 7 aromatic heterocycles. The summed E-state index contributed by atoms with van der Waals surface area (Å²) in [6.45, 7) is 8.60. The van der Waals surface area contributed by atoms with Crippen LogP contribution in [0.2, 0.25) is 25.1 Å². The number of rotatable bonds is 16. The number of carbonyl (C=O) groups is 1. The molecule has 10 fully saturated rings. The van der Waals surface area contributed by atoms with E-state index in [1.165, 1.54) is 85.2 Å². The van der Waals surface area contributed by atoms with Gasteiger partial charge in [0.1, 0.15) is 48.4 Å². The third-order valence-electron chi connectivity index (χ3n) is 28.8. The number of nitrogens with zero attached hydrogens (tertiary/aromatic N) is 17. The van der Waals surface area contributed by atoms with Crippen molar-refractivity contribution in [1.82, 2.24) is 59.8 Å². The topological polar surface area (TPSA) is 500 Å². The molecule has 5 spiro atoms. The van der Waals surface area contributed by atoms with Gasteiger partial charge >= 0.3 is 12.4 Å². The minimum Gasteiger partial charge on any atom is -0.397 e. The maximum Gasteiger partial charge on any atom is 0.434 e. The quantitative estimate of drug-likeness (QED) is 0.0316. The molecule has 136 heavy (non-hydrogen) atoms. The Morgan fingerprint density at radius 2 is 0.625 bits per heavy atom. The van der Waals surface area contributed by atoms with Gasteiger partial charge in [0.2, 0.25) is 0 Å². The Balaban J connectivity index is 0.000000123. The Kier molecular flexibility index (Phi) is 30.6. The first-order chi connectivity index (χ1) is 64.8. The van der Waals surface area contributed by atoms with Crippen LogP contribution in [-0.2, 0) is 12.4 Å². The second-order valence-electron chi connectivity index (χ2n) is 36.3. The molecule has 10 aliphatic rings. The first-order valence-corrected chi connectivity index (χ1v) is 50.7. The summed E-state index contributed by atoms with van der Waals surface area (Å²) in [6.07, 6.45) is 20.7. The van der Waals surface area contributed by atoms with E-state index in [4.69, 9.17) is 127 Å². The molecule has 10 aromatic rings. The summed E-state index contributed by atoms with van der Waals surface area (Å²) in [4.78, 5) is 76.2. The van der Waals surface area contributed by atoms with Gasteiger partial charge in [-0.05, 0) is 204 Å². The van der Waals surface area contributed by atoms with Gasteiger partial charge in [-0.15, -0.1) is 0 Å². The average Bonchev–Trinajstić information content (AvgIpc) is 1.30. The van der Waals surface area contributed by atoms with Crippen LogP contribution in [0.15, 0.2) is 166 Å². The van der Waals surface area contributed by atoms with Gasteiger partial charge in [-0.25, -0.2) is 49.8 Å². The van der Waals surface area contributed by atoms with E-state index in [-0.39, 0.29) is 71.3 Å². The Morgan fingerprint density at radius 3 is 0.934 bits per heavy atom. The van der Waals surface area contributed by atoms with Gasteiger partial charge in [0.05, 0.1) is 55.6 Å². The lowest BCUT2D eigenvalue weighted by molar-refractivity contribution is -0.144. The summed E-state index contributed by atoms with van der Waals surface area (Å²) in [7, 11) is 0. The third kappa shape index (κ3) is 21.7. The number of nitrogen functional groups attached to an aromatic ring is 6. The molecule has 46 heteroatoms. The predicted octanol–water partition coefficient (Wildman–Crippen LogP) is 17.0. The molecule has 5 aliphatic carbocycles. The molecule has 724 valence electrons. The lowest BCUT2D eigenvalue weighted by Gasteiger charge is -2.52. The number of hydrogen-bond donors (Lipinski definition) is 12. The predicted molar refractivity (Wildman–Crippen MR) is 529 cm³/mol. The van der Waals surface area contributed by atoms with Crippen LogP contribution in [-0.4, -0.2) is 161 Å². The van der Waals surface area contributed by atoms with Crippen molar-refractivity contribution in [3.63, 3.8) is 0 Å². The summed E-state index contributed by atoms with van der Waals surface area (Å²) in [5.74, 6) is 3.78. The SMILES string of the molecule is NC(=O)c1nc(Sc2cccnc2C(F)(F)F)c(N)nc1N1CCC2(CC[C@@H]2N)CC1.Nc1cccc(Sc2ncc(N3CCC4(CC[C@@H]4N)CC3)nc2N)c1Cl.Nc1nc(N2CCC3(CCC3N)CC2)cnc1Sc1cccc(Cl)c1Cl.Nc1nc(N2CCC3(CC[C@@H]3N)CC2)cnc1Sc1cccnc1C(F)(F)F.Nc1nc(N2CC[C@]3(CC[C@@H]3N)C2)cnc1Sc1cccc(Cl)c1Cl. The van der Waals surface area contributed by atoms with Crippen LogP contribution in [0.3, 0.4) is 0 Å². The van der Waals surface area contributed by atoms with Crippen LogP contribution in [0.5, 0.6) is 0 Å². The highest BCUT2D eigenvalue weighted by Gasteiger charge is 2.52. The lowest BCUT2D eigenvalue weighted by Crippen LogP contribution is -2.56. The molecule has 5 saturated carbocycles. The van der Waals surface area contributed by atoms with Crippen LogP contribution in [0.1, 0.15) is 144 Å². The van der Waals surface area contributed by atoms with E-state index in [9.17, 15) is 31.1 Å². The van der Waals surface area contributed by atoms with Gasteiger partial charge in [-0.1, -0.05) is 135 Å². The second-order valence-corrected chi connectivity index (χ2v) is 43.4. The summed E-state index contributed by atoms with van der Waals surface area (Å²) >= 11 is 36.4. The molecule has 6 atom stereocenters. The van der Waals surface area contributed by atoms with Gasteiger partial charge < -0.3 is 93.3 Å². The van der Waals surface area contributed by atoms with Crippen molar-refractivity contribution in [2.75, 3.05) is 124 Å². The van der Waals surface area contributed by atoms with Crippen LogP contribution in [0.4, 0.5) is 90.2 Å². The maximum absolute atomic E-state index is 13.3. The Bertz CT molecular complexity index is 5870. The number of primary amides is 1. The number of piperidine rings is 4. The van der Waals surface area contributed by atoms with Crippen LogP contribution in [0, 0.1) is 27.1 Å². The van der Waals surface area contributed by atoms with Gasteiger partial charge in [0.25, 0.3) is 5.91 Å². The molecule has 0 bridgehead atoms. The molecular weight excluding hydrogens is 1950 g/mol. The summed E-state index contributed by atoms with van der Waals surface area (Å²) in [6, 6.07) is 23.4. The Labute approximate surface area is 829 Å². The standard InChI is InChI=1S/C19H22F3N7OS.C18H21Cl2N5S.C18H23ClN6S.C18H21F3N6S.C17H19Cl2N5S/c20-19(21,22)13-10(2-1-7-26-13)31-17-14(24)28-16(12(27-17)15(25)30)29-8-5-18(6-9-29)4-3-11(18)23;19-11-2-1-3-12(15(11)20)26-17-16(22)24-14(10-23-17)25-8-6-18(7-9-25)5-4-13(18)21;19-15-11(20)2-1-3-12(15)26-17-16(22)24-14(10-23-17)25-8-6-18(7-9-25)5-4-13(18)21;19-18(20,21)14-11(2-1-7-24-14)28-16-15(23)26-13(10-25-16)27-8-5-17(6-9-27)4-3-12(17)22;18-10-2-1-3-11(14(10)19)25-16-15(21)23-13(8-22-16)24-7-6-17(9-24)5-4-12(17)20/h1-2,7,11H,3-6,8-9,23H2,(H2,24,28)(H2,25,30);1-3,10,13H,4-9,21H2,(H2,22,24);1-3,10,13H,4-9,20-21H2,(H2,22,24);1-2,7,10,12H,3-6,8-9,22H2,(H2,23,26);1-3,8,12H,4-7,9,20H2,(H2,21,23)/t11-;;13-;12-;12-,17+/m0.000/s1. The first-order valence-electron chi connectivity index (χ1n) is 44.7.